The van der Waals surface area contributed by atoms with Crippen molar-refractivity contribution < 1.29 is 9.53 Å². The molecule has 3 atom stereocenters. The van der Waals surface area contributed by atoms with Crippen LogP contribution in [0.3, 0.4) is 0 Å². The lowest BCUT2D eigenvalue weighted by atomic mass is 10.1. The Hall–Kier alpha value is -1.39. The molecule has 18 heavy (non-hydrogen) atoms. The third-order valence-corrected chi connectivity index (χ3v) is 3.28. The highest BCUT2D eigenvalue weighted by Crippen LogP contribution is 2.24. The number of hydrogen-bond donors (Lipinski definition) is 1. The van der Waals surface area contributed by atoms with Crippen LogP contribution in [0.15, 0.2) is 30.3 Å². The van der Waals surface area contributed by atoms with Crippen LogP contribution >= 0.6 is 0 Å². The summed E-state index contributed by atoms with van der Waals surface area (Å²) < 4.78 is 5.80. The molecule has 0 spiro atoms. The maximum atomic E-state index is 12.0. The number of morpholine rings is 1. The fraction of sp³-hybridized carbons (Fsp3) is 0.500. The van der Waals surface area contributed by atoms with E-state index in [2.05, 4.69) is 0 Å². The van der Waals surface area contributed by atoms with Gasteiger partial charge in [0.2, 0.25) is 5.91 Å². The smallest absolute Gasteiger partial charge is 0.239 e. The lowest BCUT2D eigenvalue weighted by molar-refractivity contribution is -0.145. The molecule has 1 amide bonds. The van der Waals surface area contributed by atoms with Crippen molar-refractivity contribution in [2.45, 2.75) is 32.0 Å². The minimum absolute atomic E-state index is 0.00766. The fourth-order valence-electron chi connectivity index (χ4n) is 2.19. The van der Waals surface area contributed by atoms with Gasteiger partial charge in [-0.3, -0.25) is 4.79 Å². The molecule has 2 N–H and O–H groups in total. The second kappa shape index (κ2) is 5.50. The molecule has 2 rings (SSSR count). The Morgan fingerprint density at radius 2 is 2.11 bits per heavy atom. The van der Waals surface area contributed by atoms with Crippen molar-refractivity contribution in [3.05, 3.63) is 35.9 Å². The zero-order valence-corrected chi connectivity index (χ0v) is 10.9. The number of ether oxygens (including phenoxy) is 1. The molecule has 1 aliphatic rings. The Balaban J connectivity index is 2.12. The van der Waals surface area contributed by atoms with Gasteiger partial charge in [0.1, 0.15) is 6.10 Å². The summed E-state index contributed by atoms with van der Waals surface area (Å²) in [5, 5.41) is 0. The molecule has 1 fully saturated rings. The van der Waals surface area contributed by atoms with Gasteiger partial charge in [-0.15, -0.1) is 0 Å². The van der Waals surface area contributed by atoms with Gasteiger partial charge in [0.25, 0.3) is 0 Å². The predicted octanol–water partition coefficient (Wildman–Crippen LogP) is 1.32. The van der Waals surface area contributed by atoms with Crippen LogP contribution in [0.25, 0.3) is 0 Å². The molecule has 1 aromatic carbocycles. The molecule has 0 aliphatic carbocycles. The van der Waals surface area contributed by atoms with Crippen molar-refractivity contribution >= 4 is 5.91 Å². The zero-order chi connectivity index (χ0) is 13.1. The van der Waals surface area contributed by atoms with Gasteiger partial charge in [0, 0.05) is 0 Å². The Labute approximate surface area is 108 Å². The molecule has 1 aliphatic heterocycles. The number of amides is 1. The van der Waals surface area contributed by atoms with Gasteiger partial charge in [0.15, 0.2) is 0 Å². The minimum Gasteiger partial charge on any atom is -0.370 e. The minimum atomic E-state index is -0.457. The molecule has 0 saturated carbocycles. The monoisotopic (exact) mass is 248 g/mol. The standard InChI is InChI=1S/C14H20N2O2/c1-10-9-18-13(12-6-4-3-5-7-12)8-16(10)14(17)11(2)15/h3-7,10-11,13H,8-9,15H2,1-2H3/t10?,11-,13?/m0/s1. The van der Waals surface area contributed by atoms with Gasteiger partial charge in [-0.25, -0.2) is 0 Å². The van der Waals surface area contributed by atoms with E-state index >= 15 is 0 Å². The van der Waals surface area contributed by atoms with Crippen LogP contribution in [-0.2, 0) is 9.53 Å². The van der Waals surface area contributed by atoms with E-state index in [9.17, 15) is 4.79 Å². The van der Waals surface area contributed by atoms with Crippen LogP contribution in [0, 0.1) is 0 Å². The molecule has 0 radical (unpaired) electrons. The largest absolute Gasteiger partial charge is 0.370 e. The van der Waals surface area contributed by atoms with E-state index in [1.807, 2.05) is 42.2 Å². The number of carbonyl (C=O) groups excluding carboxylic acids is 1. The summed E-state index contributed by atoms with van der Waals surface area (Å²) in [7, 11) is 0. The van der Waals surface area contributed by atoms with Crippen LogP contribution in [0.2, 0.25) is 0 Å². The Kier molecular flexibility index (Phi) is 3.99. The highest BCUT2D eigenvalue weighted by Gasteiger charge is 2.31. The Morgan fingerprint density at radius 1 is 1.44 bits per heavy atom. The number of hydrogen-bond acceptors (Lipinski definition) is 3. The highest BCUT2D eigenvalue weighted by atomic mass is 16.5. The first kappa shape index (κ1) is 13.1. The summed E-state index contributed by atoms with van der Waals surface area (Å²) in [5.41, 5.74) is 6.78. The van der Waals surface area contributed by atoms with Gasteiger partial charge in [-0.2, -0.15) is 0 Å². The van der Waals surface area contributed by atoms with Crippen LogP contribution in [0.4, 0.5) is 0 Å². The summed E-state index contributed by atoms with van der Waals surface area (Å²) in [6.07, 6.45) is -0.0508. The molecule has 98 valence electrons. The van der Waals surface area contributed by atoms with E-state index in [0.29, 0.717) is 13.2 Å². The van der Waals surface area contributed by atoms with E-state index in [1.54, 1.807) is 6.92 Å². The van der Waals surface area contributed by atoms with E-state index < -0.39 is 6.04 Å². The molecule has 1 aromatic rings. The van der Waals surface area contributed by atoms with Crippen LogP contribution < -0.4 is 5.73 Å². The first-order valence-electron chi connectivity index (χ1n) is 6.32. The van der Waals surface area contributed by atoms with Crippen molar-refractivity contribution in [2.24, 2.45) is 5.73 Å². The molecular formula is C14H20N2O2. The number of benzene rings is 1. The van der Waals surface area contributed by atoms with E-state index in [-0.39, 0.29) is 18.1 Å². The van der Waals surface area contributed by atoms with Crippen LogP contribution in [-0.4, -0.2) is 36.0 Å². The summed E-state index contributed by atoms with van der Waals surface area (Å²) in [4.78, 5) is 13.9. The van der Waals surface area contributed by atoms with E-state index in [0.717, 1.165) is 5.56 Å². The Bertz CT molecular complexity index is 406. The lowest BCUT2D eigenvalue weighted by Crippen LogP contribution is -2.52. The number of carbonyl (C=O) groups is 1. The predicted molar refractivity (Wildman–Crippen MR) is 70.0 cm³/mol. The molecule has 4 heteroatoms. The molecule has 4 nitrogen and oxygen atoms in total. The van der Waals surface area contributed by atoms with E-state index in [1.165, 1.54) is 0 Å². The van der Waals surface area contributed by atoms with Crippen LogP contribution in [0.5, 0.6) is 0 Å². The van der Waals surface area contributed by atoms with Crippen molar-refractivity contribution in [2.75, 3.05) is 13.2 Å². The third-order valence-electron chi connectivity index (χ3n) is 3.28. The topological polar surface area (TPSA) is 55.6 Å². The zero-order valence-electron chi connectivity index (χ0n) is 10.9. The maximum absolute atomic E-state index is 12.0. The van der Waals surface area contributed by atoms with Crippen LogP contribution in [0.1, 0.15) is 25.5 Å². The average molecular weight is 248 g/mol. The normalized spacial score (nSPS) is 25.8. The molecular weight excluding hydrogens is 228 g/mol. The third kappa shape index (κ3) is 2.71. The maximum Gasteiger partial charge on any atom is 0.239 e. The molecule has 1 heterocycles. The van der Waals surface area contributed by atoms with Crippen molar-refractivity contribution in [3.63, 3.8) is 0 Å². The fourth-order valence-corrected chi connectivity index (χ4v) is 2.19. The van der Waals surface area contributed by atoms with Gasteiger partial charge >= 0.3 is 0 Å². The van der Waals surface area contributed by atoms with E-state index in [4.69, 9.17) is 10.5 Å². The first-order valence-corrected chi connectivity index (χ1v) is 6.32. The SMILES string of the molecule is CC1COC(c2ccccc2)CN1C(=O)[C@H](C)N. The quantitative estimate of drug-likeness (QED) is 0.859. The summed E-state index contributed by atoms with van der Waals surface area (Å²) in [6.45, 7) is 4.84. The number of nitrogens with zero attached hydrogens (tertiary/aromatic N) is 1. The average Bonchev–Trinajstić information content (AvgIpc) is 2.39. The van der Waals surface area contributed by atoms with Crippen molar-refractivity contribution in [1.29, 1.82) is 0 Å². The van der Waals surface area contributed by atoms with Gasteiger partial charge in [-0.05, 0) is 19.4 Å². The molecule has 0 aromatic heterocycles. The van der Waals surface area contributed by atoms with Crippen molar-refractivity contribution in [1.82, 2.24) is 4.90 Å². The lowest BCUT2D eigenvalue weighted by Gasteiger charge is -2.39. The summed E-state index contributed by atoms with van der Waals surface area (Å²) in [6, 6.07) is 9.61. The number of rotatable bonds is 2. The first-order chi connectivity index (χ1) is 8.59. The van der Waals surface area contributed by atoms with Gasteiger partial charge in [0.05, 0.1) is 25.2 Å². The van der Waals surface area contributed by atoms with Crippen molar-refractivity contribution in [3.8, 4) is 0 Å². The Morgan fingerprint density at radius 3 is 2.72 bits per heavy atom. The molecule has 0 bridgehead atoms. The number of nitrogens with two attached hydrogens (primary N) is 1. The van der Waals surface area contributed by atoms with Gasteiger partial charge < -0.3 is 15.4 Å². The highest BCUT2D eigenvalue weighted by molar-refractivity contribution is 5.81. The second-order valence-corrected chi connectivity index (χ2v) is 4.86. The summed E-state index contributed by atoms with van der Waals surface area (Å²) >= 11 is 0. The van der Waals surface area contributed by atoms with Gasteiger partial charge in [-0.1, -0.05) is 30.3 Å². The summed E-state index contributed by atoms with van der Waals surface area (Å²) in [5.74, 6) is -0.00766. The second-order valence-electron chi connectivity index (χ2n) is 4.86. The molecule has 1 saturated heterocycles. The molecule has 2 unspecified atom stereocenters.